The van der Waals surface area contributed by atoms with E-state index in [0.717, 1.165) is 24.9 Å². The molecule has 0 amide bonds. The summed E-state index contributed by atoms with van der Waals surface area (Å²) >= 11 is 0. The van der Waals surface area contributed by atoms with E-state index >= 15 is 0 Å². The minimum absolute atomic E-state index is 0.232. The maximum Gasteiger partial charge on any atom is 0.148 e. The van der Waals surface area contributed by atoms with Gasteiger partial charge in [-0.3, -0.25) is 4.90 Å². The molecule has 1 N–H and O–H groups in total. The zero-order valence-corrected chi connectivity index (χ0v) is 13.0. The number of rotatable bonds is 6. The van der Waals surface area contributed by atoms with E-state index in [2.05, 4.69) is 31.0 Å². The second-order valence-electron chi connectivity index (χ2n) is 5.93. The van der Waals surface area contributed by atoms with Gasteiger partial charge in [0.1, 0.15) is 9.84 Å². The molecule has 4 nitrogen and oxygen atoms in total. The Bertz CT molecular complexity index is 343. The fourth-order valence-corrected chi connectivity index (χ4v) is 3.25. The molecule has 1 aliphatic rings. The maximum atomic E-state index is 11.0. The van der Waals surface area contributed by atoms with Crippen molar-refractivity contribution in [2.24, 2.45) is 11.8 Å². The standard InChI is InChI=1S/C13H28N2O2S/c1-11-9-12(2)13(3)15(10-11)7-5-14-6-8-18(4,16)17/h11-14H,5-10H2,1-4H3. The number of piperidine rings is 1. The molecule has 0 aromatic heterocycles. The highest BCUT2D eigenvalue weighted by Gasteiger charge is 2.27. The first-order valence-electron chi connectivity index (χ1n) is 6.92. The van der Waals surface area contributed by atoms with Crippen LogP contribution < -0.4 is 5.32 Å². The summed E-state index contributed by atoms with van der Waals surface area (Å²) in [5, 5.41) is 3.22. The van der Waals surface area contributed by atoms with Crippen LogP contribution in [0.3, 0.4) is 0 Å². The summed E-state index contributed by atoms with van der Waals surface area (Å²) in [7, 11) is -2.83. The predicted octanol–water partition coefficient (Wildman–Crippen LogP) is 0.987. The third kappa shape index (κ3) is 5.67. The molecule has 3 atom stereocenters. The lowest BCUT2D eigenvalue weighted by molar-refractivity contribution is 0.0809. The summed E-state index contributed by atoms with van der Waals surface area (Å²) in [4.78, 5) is 2.52. The third-order valence-electron chi connectivity index (χ3n) is 3.95. The molecule has 0 aliphatic carbocycles. The fourth-order valence-electron chi connectivity index (χ4n) is 2.73. The average Bonchev–Trinajstić information content (AvgIpc) is 2.22. The van der Waals surface area contributed by atoms with E-state index < -0.39 is 9.84 Å². The molecule has 1 saturated heterocycles. The van der Waals surface area contributed by atoms with Crippen molar-refractivity contribution >= 4 is 9.84 Å². The average molecular weight is 276 g/mol. The Hall–Kier alpha value is -0.130. The molecule has 0 bridgehead atoms. The largest absolute Gasteiger partial charge is 0.314 e. The van der Waals surface area contributed by atoms with Crippen LogP contribution in [0.25, 0.3) is 0 Å². The predicted molar refractivity (Wildman–Crippen MR) is 76.6 cm³/mol. The molecular formula is C13H28N2O2S. The lowest BCUT2D eigenvalue weighted by atomic mass is 9.86. The quantitative estimate of drug-likeness (QED) is 0.735. The van der Waals surface area contributed by atoms with Crippen molar-refractivity contribution in [3.05, 3.63) is 0 Å². The van der Waals surface area contributed by atoms with Gasteiger partial charge >= 0.3 is 0 Å². The van der Waals surface area contributed by atoms with Crippen LogP contribution in [0.2, 0.25) is 0 Å². The molecule has 1 rings (SSSR count). The van der Waals surface area contributed by atoms with Gasteiger partial charge in [0.2, 0.25) is 0 Å². The molecule has 0 radical (unpaired) electrons. The number of nitrogens with zero attached hydrogens (tertiary/aromatic N) is 1. The Labute approximate surface area is 112 Å². The van der Waals surface area contributed by atoms with Crippen LogP contribution in [-0.2, 0) is 9.84 Å². The number of hydrogen-bond acceptors (Lipinski definition) is 4. The minimum Gasteiger partial charge on any atom is -0.314 e. The van der Waals surface area contributed by atoms with Crippen LogP contribution in [0, 0.1) is 11.8 Å². The van der Waals surface area contributed by atoms with Gasteiger partial charge in [0.15, 0.2) is 0 Å². The summed E-state index contributed by atoms with van der Waals surface area (Å²) in [5.74, 6) is 1.76. The van der Waals surface area contributed by atoms with E-state index in [1.165, 1.54) is 19.2 Å². The van der Waals surface area contributed by atoms with Gasteiger partial charge in [-0.15, -0.1) is 0 Å². The molecule has 18 heavy (non-hydrogen) atoms. The second kappa shape index (κ2) is 6.87. The summed E-state index contributed by atoms with van der Waals surface area (Å²) in [5.41, 5.74) is 0. The number of hydrogen-bond donors (Lipinski definition) is 1. The van der Waals surface area contributed by atoms with E-state index in [9.17, 15) is 8.42 Å². The van der Waals surface area contributed by atoms with Gasteiger partial charge in [-0.05, 0) is 25.2 Å². The smallest absolute Gasteiger partial charge is 0.148 e. The summed E-state index contributed by atoms with van der Waals surface area (Å²) in [6, 6.07) is 0.637. The van der Waals surface area contributed by atoms with Crippen LogP contribution in [0.15, 0.2) is 0 Å². The molecular weight excluding hydrogens is 248 g/mol. The van der Waals surface area contributed by atoms with Crippen molar-refractivity contribution in [3.63, 3.8) is 0 Å². The van der Waals surface area contributed by atoms with Gasteiger partial charge in [0, 0.05) is 38.5 Å². The maximum absolute atomic E-state index is 11.0. The van der Waals surface area contributed by atoms with Gasteiger partial charge in [0.25, 0.3) is 0 Å². The zero-order valence-electron chi connectivity index (χ0n) is 12.1. The summed E-state index contributed by atoms with van der Waals surface area (Å²) < 4.78 is 22.0. The Morgan fingerprint density at radius 1 is 1.22 bits per heavy atom. The molecule has 3 unspecified atom stereocenters. The van der Waals surface area contributed by atoms with Crippen molar-refractivity contribution in [2.75, 3.05) is 38.2 Å². The van der Waals surface area contributed by atoms with Gasteiger partial charge in [-0.2, -0.15) is 0 Å². The fraction of sp³-hybridized carbons (Fsp3) is 1.00. The van der Waals surface area contributed by atoms with E-state index in [-0.39, 0.29) is 5.75 Å². The first-order chi connectivity index (χ1) is 8.29. The Morgan fingerprint density at radius 2 is 1.89 bits per heavy atom. The van der Waals surface area contributed by atoms with Crippen molar-refractivity contribution in [3.8, 4) is 0 Å². The monoisotopic (exact) mass is 276 g/mol. The first-order valence-corrected chi connectivity index (χ1v) is 8.98. The normalized spacial score (nSPS) is 30.6. The van der Waals surface area contributed by atoms with Gasteiger partial charge < -0.3 is 5.32 Å². The van der Waals surface area contributed by atoms with E-state index in [0.29, 0.717) is 12.6 Å². The van der Waals surface area contributed by atoms with Crippen LogP contribution in [-0.4, -0.2) is 57.5 Å². The third-order valence-corrected chi connectivity index (χ3v) is 4.89. The van der Waals surface area contributed by atoms with Crippen molar-refractivity contribution in [1.29, 1.82) is 0 Å². The van der Waals surface area contributed by atoms with Gasteiger partial charge in [-0.1, -0.05) is 13.8 Å². The van der Waals surface area contributed by atoms with Crippen LogP contribution >= 0.6 is 0 Å². The molecule has 0 spiro atoms. The molecule has 1 aliphatic heterocycles. The van der Waals surface area contributed by atoms with Gasteiger partial charge in [0.05, 0.1) is 5.75 Å². The number of sulfone groups is 1. The van der Waals surface area contributed by atoms with Crippen molar-refractivity contribution in [1.82, 2.24) is 10.2 Å². The minimum atomic E-state index is -2.83. The van der Waals surface area contributed by atoms with Crippen LogP contribution in [0.1, 0.15) is 27.2 Å². The molecule has 0 aromatic carbocycles. The van der Waals surface area contributed by atoms with E-state index in [1.54, 1.807) is 0 Å². The highest BCUT2D eigenvalue weighted by Crippen LogP contribution is 2.26. The highest BCUT2D eigenvalue weighted by molar-refractivity contribution is 7.90. The molecule has 5 heteroatoms. The van der Waals surface area contributed by atoms with Crippen LogP contribution in [0.5, 0.6) is 0 Å². The lowest BCUT2D eigenvalue weighted by Gasteiger charge is -2.41. The molecule has 1 heterocycles. The molecule has 108 valence electrons. The number of nitrogens with one attached hydrogen (secondary N) is 1. The Kier molecular flexibility index (Phi) is 6.08. The second-order valence-corrected chi connectivity index (χ2v) is 8.19. The number of likely N-dealkylation sites (tertiary alicyclic amines) is 1. The summed E-state index contributed by atoms with van der Waals surface area (Å²) in [6.45, 7) is 10.5. The molecule has 1 fully saturated rings. The van der Waals surface area contributed by atoms with Crippen molar-refractivity contribution < 1.29 is 8.42 Å². The Morgan fingerprint density at radius 3 is 2.50 bits per heavy atom. The van der Waals surface area contributed by atoms with Crippen LogP contribution in [0.4, 0.5) is 0 Å². The lowest BCUT2D eigenvalue weighted by Crippen LogP contribution is -2.48. The van der Waals surface area contributed by atoms with E-state index in [1.807, 2.05) is 0 Å². The van der Waals surface area contributed by atoms with Crippen molar-refractivity contribution in [2.45, 2.75) is 33.2 Å². The summed E-state index contributed by atoms with van der Waals surface area (Å²) in [6.07, 6.45) is 2.60. The highest BCUT2D eigenvalue weighted by atomic mass is 32.2. The zero-order chi connectivity index (χ0) is 13.8. The first kappa shape index (κ1) is 15.9. The molecule has 0 saturated carbocycles. The van der Waals surface area contributed by atoms with E-state index in [4.69, 9.17) is 0 Å². The topological polar surface area (TPSA) is 49.4 Å². The Balaban J connectivity index is 2.22. The SMILES string of the molecule is CC1CC(C)C(C)N(CCNCCS(C)(=O)=O)C1. The van der Waals surface area contributed by atoms with Gasteiger partial charge in [-0.25, -0.2) is 8.42 Å². The molecule has 0 aromatic rings.